The molecule has 0 radical (unpaired) electrons. The first-order valence-corrected chi connectivity index (χ1v) is 10.7. The van der Waals surface area contributed by atoms with Gasteiger partial charge in [-0.05, 0) is 51.8 Å². The van der Waals surface area contributed by atoms with Crippen molar-refractivity contribution in [3.63, 3.8) is 0 Å². The zero-order valence-corrected chi connectivity index (χ0v) is 19.3. The molecule has 2 heterocycles. The van der Waals surface area contributed by atoms with Gasteiger partial charge < -0.3 is 29.2 Å². The first-order chi connectivity index (χ1) is 15.5. The van der Waals surface area contributed by atoms with Crippen molar-refractivity contribution in [1.82, 2.24) is 0 Å². The van der Waals surface area contributed by atoms with Gasteiger partial charge in [0.05, 0.1) is 16.7 Å². The van der Waals surface area contributed by atoms with Crippen LogP contribution in [0.5, 0.6) is 17.2 Å². The number of aromatic hydroxyl groups is 2. The van der Waals surface area contributed by atoms with E-state index in [1.54, 1.807) is 26.0 Å². The molecular formula is C26H28O7. The Hall–Kier alpha value is -3.29. The molecule has 7 heteroatoms. The minimum Gasteiger partial charge on any atom is -0.508 e. The number of phenolic OH excluding ortho intramolecular Hbond substituents is 2. The van der Waals surface area contributed by atoms with E-state index in [0.717, 1.165) is 5.57 Å². The summed E-state index contributed by atoms with van der Waals surface area (Å²) in [5, 5.41) is 31.6. The van der Waals surface area contributed by atoms with E-state index in [-0.39, 0.29) is 28.0 Å². The minimum atomic E-state index is -1.26. The molecule has 0 spiro atoms. The van der Waals surface area contributed by atoms with Crippen LogP contribution >= 0.6 is 0 Å². The quantitative estimate of drug-likeness (QED) is 0.486. The number of hydrogen-bond acceptors (Lipinski definition) is 7. The second kappa shape index (κ2) is 8.24. The maximum Gasteiger partial charge on any atom is 0.204 e. The van der Waals surface area contributed by atoms with Gasteiger partial charge in [0, 0.05) is 12.7 Å². The Morgan fingerprint density at radius 1 is 1.18 bits per heavy atom. The second-order valence-electron chi connectivity index (χ2n) is 9.13. The lowest BCUT2D eigenvalue weighted by Gasteiger charge is -2.29. The summed E-state index contributed by atoms with van der Waals surface area (Å²) in [5.41, 5.74) is 1.24. The van der Waals surface area contributed by atoms with Crippen molar-refractivity contribution in [1.29, 1.82) is 0 Å². The van der Waals surface area contributed by atoms with Crippen LogP contribution in [-0.2, 0) is 11.2 Å². The van der Waals surface area contributed by atoms with Crippen LogP contribution in [0.4, 0.5) is 0 Å². The van der Waals surface area contributed by atoms with Crippen molar-refractivity contribution >= 4 is 11.0 Å². The molecule has 7 nitrogen and oxygen atoms in total. The van der Waals surface area contributed by atoms with Crippen LogP contribution in [-0.4, -0.2) is 34.1 Å². The Bertz CT molecular complexity index is 1290. The Balaban J connectivity index is 2.05. The average molecular weight is 453 g/mol. The van der Waals surface area contributed by atoms with Crippen LogP contribution < -0.4 is 10.2 Å². The highest BCUT2D eigenvalue weighted by molar-refractivity contribution is 5.93. The molecule has 0 saturated heterocycles. The second-order valence-corrected chi connectivity index (χ2v) is 9.13. The smallest absolute Gasteiger partial charge is 0.204 e. The van der Waals surface area contributed by atoms with E-state index < -0.39 is 23.2 Å². The first-order valence-electron chi connectivity index (χ1n) is 10.7. The molecule has 1 aliphatic rings. The molecule has 2 aromatic carbocycles. The van der Waals surface area contributed by atoms with Crippen molar-refractivity contribution in [2.24, 2.45) is 0 Å². The first kappa shape index (κ1) is 22.9. The van der Waals surface area contributed by atoms with Crippen molar-refractivity contribution in [2.45, 2.75) is 51.9 Å². The maximum absolute atomic E-state index is 13.6. The van der Waals surface area contributed by atoms with E-state index in [4.69, 9.17) is 13.9 Å². The molecular weight excluding hydrogens is 424 g/mol. The van der Waals surface area contributed by atoms with Gasteiger partial charge in [-0.1, -0.05) is 23.8 Å². The third-order valence-corrected chi connectivity index (χ3v) is 5.93. The summed E-state index contributed by atoms with van der Waals surface area (Å²) in [6.07, 6.45) is 2.10. The van der Waals surface area contributed by atoms with Crippen molar-refractivity contribution in [2.75, 3.05) is 7.11 Å². The number of rotatable bonds is 5. The summed E-state index contributed by atoms with van der Waals surface area (Å²) in [6.45, 7) is 7.11. The Labute approximate surface area is 191 Å². The normalized spacial score (nSPS) is 17.6. The van der Waals surface area contributed by atoms with Crippen LogP contribution in [0.2, 0.25) is 0 Å². The maximum atomic E-state index is 13.6. The predicted molar refractivity (Wildman–Crippen MR) is 125 cm³/mol. The fraction of sp³-hybridized carbons (Fsp3) is 0.346. The number of ether oxygens (including phenoxy) is 2. The fourth-order valence-electron chi connectivity index (χ4n) is 4.23. The van der Waals surface area contributed by atoms with Crippen molar-refractivity contribution < 1.29 is 29.2 Å². The lowest BCUT2D eigenvalue weighted by atomic mass is 9.91. The molecule has 0 unspecified atom stereocenters. The monoisotopic (exact) mass is 452 g/mol. The molecule has 2 atom stereocenters. The topological polar surface area (TPSA) is 109 Å². The number of aliphatic hydroxyl groups is 1. The van der Waals surface area contributed by atoms with Crippen LogP contribution in [0.1, 0.15) is 44.9 Å². The summed E-state index contributed by atoms with van der Waals surface area (Å²) in [4.78, 5) is 13.6. The summed E-state index contributed by atoms with van der Waals surface area (Å²) in [5.74, 6) is 0.213. The Morgan fingerprint density at radius 2 is 1.85 bits per heavy atom. The Kier molecular flexibility index (Phi) is 5.72. The van der Waals surface area contributed by atoms with Crippen LogP contribution in [0.15, 0.2) is 51.4 Å². The number of hydrogen-bond donors (Lipinski definition) is 3. The molecule has 0 fully saturated rings. The standard InChI is InChI=1S/C26H28O7/c1-13(2)6-11-16-20(28)18-21(29)17(14-7-9-15(27)10-8-14)12-32-23(18)19-22(16)33-25(24(19)31-5)26(3,4)30/h6-10,12,24-25,27-28,30H,11H2,1-5H3/t24-,25+/m1/s1. The van der Waals surface area contributed by atoms with Gasteiger partial charge in [-0.15, -0.1) is 0 Å². The number of fused-ring (bicyclic) bond motifs is 3. The molecule has 174 valence electrons. The van der Waals surface area contributed by atoms with Gasteiger partial charge in [-0.2, -0.15) is 0 Å². The van der Waals surface area contributed by atoms with Crippen LogP contribution in [0, 0.1) is 0 Å². The average Bonchev–Trinajstić information content (AvgIpc) is 3.14. The van der Waals surface area contributed by atoms with E-state index in [0.29, 0.717) is 28.9 Å². The largest absolute Gasteiger partial charge is 0.508 e. The van der Waals surface area contributed by atoms with E-state index in [2.05, 4.69) is 0 Å². The fourth-order valence-corrected chi connectivity index (χ4v) is 4.23. The molecule has 3 aromatic rings. The SMILES string of the molecule is CO[C@@H]1c2c(c(CC=C(C)C)c(O)c3c(=O)c(-c4ccc(O)cc4)coc23)O[C@@H]1C(C)(C)O. The third-order valence-electron chi connectivity index (χ3n) is 5.93. The lowest BCUT2D eigenvalue weighted by molar-refractivity contribution is -0.0883. The summed E-state index contributed by atoms with van der Waals surface area (Å²) < 4.78 is 17.8. The Morgan fingerprint density at radius 3 is 2.42 bits per heavy atom. The highest BCUT2D eigenvalue weighted by atomic mass is 16.6. The molecule has 33 heavy (non-hydrogen) atoms. The molecule has 4 rings (SSSR count). The van der Waals surface area contributed by atoms with E-state index in [1.807, 2.05) is 19.9 Å². The molecule has 0 aliphatic carbocycles. The predicted octanol–water partition coefficient (Wildman–Crippen LogP) is 4.60. The van der Waals surface area contributed by atoms with E-state index >= 15 is 0 Å². The summed E-state index contributed by atoms with van der Waals surface area (Å²) in [6, 6.07) is 6.16. The molecule has 0 amide bonds. The molecule has 1 aromatic heterocycles. The number of benzene rings is 2. The highest BCUT2D eigenvalue weighted by Crippen LogP contribution is 2.51. The van der Waals surface area contributed by atoms with Gasteiger partial charge in [0.1, 0.15) is 35.0 Å². The number of methoxy groups -OCH3 is 1. The summed E-state index contributed by atoms with van der Waals surface area (Å²) in [7, 11) is 1.50. The summed E-state index contributed by atoms with van der Waals surface area (Å²) >= 11 is 0. The van der Waals surface area contributed by atoms with E-state index in [1.165, 1.54) is 25.5 Å². The lowest BCUT2D eigenvalue weighted by Crippen LogP contribution is -2.42. The number of phenols is 2. The molecule has 0 saturated carbocycles. The number of allylic oxidation sites excluding steroid dienone is 2. The van der Waals surface area contributed by atoms with Gasteiger partial charge >= 0.3 is 0 Å². The van der Waals surface area contributed by atoms with Gasteiger partial charge in [0.15, 0.2) is 11.7 Å². The van der Waals surface area contributed by atoms with Gasteiger partial charge in [0.25, 0.3) is 0 Å². The molecule has 3 N–H and O–H groups in total. The zero-order valence-electron chi connectivity index (χ0n) is 19.3. The van der Waals surface area contributed by atoms with Gasteiger partial charge in [-0.3, -0.25) is 4.79 Å². The van der Waals surface area contributed by atoms with Crippen LogP contribution in [0.25, 0.3) is 22.1 Å². The van der Waals surface area contributed by atoms with Crippen LogP contribution in [0.3, 0.4) is 0 Å². The van der Waals surface area contributed by atoms with E-state index in [9.17, 15) is 20.1 Å². The van der Waals surface area contributed by atoms with Crippen molar-refractivity contribution in [3.8, 4) is 28.4 Å². The minimum absolute atomic E-state index is 0.0264. The molecule has 1 aliphatic heterocycles. The van der Waals surface area contributed by atoms with Gasteiger partial charge in [-0.25, -0.2) is 0 Å². The molecule has 0 bridgehead atoms. The zero-order chi connectivity index (χ0) is 24.1. The van der Waals surface area contributed by atoms with Gasteiger partial charge in [0.2, 0.25) is 5.43 Å². The third kappa shape index (κ3) is 3.87. The van der Waals surface area contributed by atoms with Crippen molar-refractivity contribution in [3.05, 3.63) is 63.5 Å². The highest BCUT2D eigenvalue weighted by Gasteiger charge is 2.47.